The molecule has 6 nitrogen and oxygen atoms in total. The van der Waals surface area contributed by atoms with E-state index in [4.69, 9.17) is 7.85 Å². The summed E-state index contributed by atoms with van der Waals surface area (Å²) < 4.78 is 0. The third kappa shape index (κ3) is 2.12. The maximum Gasteiger partial charge on any atom is 0.322 e. The maximum atomic E-state index is 11.9. The monoisotopic (exact) mass is 247 g/mol. The molecule has 0 aromatic carbocycles. The van der Waals surface area contributed by atoms with Gasteiger partial charge in [-0.25, -0.2) is 4.79 Å². The first-order valence-corrected chi connectivity index (χ1v) is 5.84. The van der Waals surface area contributed by atoms with Crippen LogP contribution in [0, 0.1) is 5.92 Å². The van der Waals surface area contributed by atoms with E-state index in [2.05, 4.69) is 16.0 Å². The van der Waals surface area contributed by atoms with Crippen LogP contribution in [0.15, 0.2) is 12.2 Å². The number of hydrogen-bond donors (Lipinski definition) is 3. The number of hydrogen-bond acceptors (Lipinski definition) is 3. The molecule has 2 radical (unpaired) electrons. The third-order valence-electron chi connectivity index (χ3n) is 3.42. The largest absolute Gasteiger partial charge is 0.365 e. The van der Waals surface area contributed by atoms with Crippen LogP contribution in [0.2, 0.25) is 0 Å². The van der Waals surface area contributed by atoms with Crippen molar-refractivity contribution in [1.82, 2.24) is 16.0 Å². The standard InChI is InChI=1S/C11H14BN3O3/c12-6-13-8(16)5-7-3-1-2-4-11(7)9(17)14-10(18)15-11/h1-2,7H,3-6H2,(H,13,16)(H2,14,15,17,18). The van der Waals surface area contributed by atoms with Crippen LogP contribution in [-0.2, 0) is 9.59 Å². The quantitative estimate of drug-likeness (QED) is 0.345. The molecule has 1 saturated heterocycles. The van der Waals surface area contributed by atoms with Gasteiger partial charge in [-0.15, -0.1) is 0 Å². The molecule has 1 heterocycles. The smallest absolute Gasteiger partial charge is 0.322 e. The molecule has 1 fully saturated rings. The van der Waals surface area contributed by atoms with Gasteiger partial charge in [0.2, 0.25) is 5.91 Å². The van der Waals surface area contributed by atoms with Crippen LogP contribution in [0.3, 0.4) is 0 Å². The Kier molecular flexibility index (Phi) is 3.40. The number of allylic oxidation sites excluding steroid dienone is 1. The Morgan fingerprint density at radius 2 is 2.28 bits per heavy atom. The Labute approximate surface area is 106 Å². The summed E-state index contributed by atoms with van der Waals surface area (Å²) in [6, 6.07) is -0.500. The molecule has 18 heavy (non-hydrogen) atoms. The van der Waals surface area contributed by atoms with Crippen LogP contribution in [0.5, 0.6) is 0 Å². The van der Waals surface area contributed by atoms with Gasteiger partial charge in [-0.1, -0.05) is 12.2 Å². The van der Waals surface area contributed by atoms with Crippen molar-refractivity contribution in [1.29, 1.82) is 0 Å². The van der Waals surface area contributed by atoms with Crippen LogP contribution >= 0.6 is 0 Å². The zero-order chi connectivity index (χ0) is 13.2. The number of amides is 4. The molecule has 2 atom stereocenters. The lowest BCUT2D eigenvalue weighted by molar-refractivity contribution is -0.128. The molecule has 2 unspecified atom stereocenters. The Morgan fingerprint density at radius 1 is 1.50 bits per heavy atom. The second-order valence-corrected chi connectivity index (χ2v) is 4.50. The van der Waals surface area contributed by atoms with E-state index < -0.39 is 11.6 Å². The van der Waals surface area contributed by atoms with Crippen molar-refractivity contribution in [3.63, 3.8) is 0 Å². The molecule has 1 spiro atoms. The summed E-state index contributed by atoms with van der Waals surface area (Å²) in [5, 5.41) is 7.38. The summed E-state index contributed by atoms with van der Waals surface area (Å²) in [4.78, 5) is 34.8. The van der Waals surface area contributed by atoms with Gasteiger partial charge in [-0.05, 0) is 19.3 Å². The van der Waals surface area contributed by atoms with Crippen molar-refractivity contribution in [3.8, 4) is 0 Å². The molecular weight excluding hydrogens is 233 g/mol. The van der Waals surface area contributed by atoms with Crippen LogP contribution in [0.4, 0.5) is 4.79 Å². The van der Waals surface area contributed by atoms with Crippen molar-refractivity contribution in [2.45, 2.75) is 24.8 Å². The van der Waals surface area contributed by atoms with Crippen LogP contribution < -0.4 is 16.0 Å². The number of carbonyl (C=O) groups is 3. The van der Waals surface area contributed by atoms with Crippen LogP contribution in [0.1, 0.15) is 19.3 Å². The zero-order valence-corrected chi connectivity index (χ0v) is 9.86. The van der Waals surface area contributed by atoms with Gasteiger partial charge in [-0.3, -0.25) is 14.9 Å². The summed E-state index contributed by atoms with van der Waals surface area (Å²) in [6.45, 7) is 0. The van der Waals surface area contributed by atoms with Crippen molar-refractivity contribution < 1.29 is 14.4 Å². The van der Waals surface area contributed by atoms with Crippen LogP contribution in [-0.4, -0.2) is 37.7 Å². The van der Waals surface area contributed by atoms with E-state index in [1.807, 2.05) is 12.2 Å². The van der Waals surface area contributed by atoms with Crippen LogP contribution in [0.25, 0.3) is 0 Å². The van der Waals surface area contributed by atoms with E-state index >= 15 is 0 Å². The molecule has 4 amide bonds. The first-order valence-electron chi connectivity index (χ1n) is 5.84. The van der Waals surface area contributed by atoms with E-state index in [0.717, 1.165) is 0 Å². The molecule has 2 rings (SSSR count). The summed E-state index contributed by atoms with van der Waals surface area (Å²) in [5.41, 5.74) is -0.988. The minimum atomic E-state index is -0.988. The van der Waals surface area contributed by atoms with Gasteiger partial charge in [-0.2, -0.15) is 0 Å². The molecule has 0 bridgehead atoms. The molecule has 1 aliphatic heterocycles. The number of nitrogens with one attached hydrogen (secondary N) is 3. The van der Waals surface area contributed by atoms with E-state index in [-0.39, 0.29) is 30.6 Å². The normalized spacial score (nSPS) is 30.1. The molecule has 1 aliphatic carbocycles. The van der Waals surface area contributed by atoms with Gasteiger partial charge in [0, 0.05) is 12.3 Å². The molecule has 94 valence electrons. The minimum absolute atomic E-state index is 0.0624. The Morgan fingerprint density at radius 3 is 2.89 bits per heavy atom. The lowest BCUT2D eigenvalue weighted by atomic mass is 9.74. The molecule has 2 aliphatic rings. The highest BCUT2D eigenvalue weighted by atomic mass is 16.2. The van der Waals surface area contributed by atoms with E-state index in [1.54, 1.807) is 0 Å². The van der Waals surface area contributed by atoms with Gasteiger partial charge < -0.3 is 10.6 Å². The van der Waals surface area contributed by atoms with Crippen molar-refractivity contribution >= 4 is 25.7 Å². The molecule has 7 heteroatoms. The maximum absolute atomic E-state index is 11.9. The van der Waals surface area contributed by atoms with Gasteiger partial charge in [0.05, 0.1) is 7.85 Å². The fraction of sp³-hybridized carbons (Fsp3) is 0.545. The SMILES string of the molecule is [B]CNC(=O)CC1CC=CCC12NC(=O)NC2=O. The molecular formula is C11H14BN3O3. The number of rotatable bonds is 3. The Balaban J connectivity index is 2.17. The summed E-state index contributed by atoms with van der Waals surface area (Å²) in [6.07, 6.45) is 4.98. The van der Waals surface area contributed by atoms with E-state index in [9.17, 15) is 14.4 Å². The first-order chi connectivity index (χ1) is 8.58. The average Bonchev–Trinajstić information content (AvgIpc) is 2.58. The second-order valence-electron chi connectivity index (χ2n) is 4.50. The molecule has 0 aromatic rings. The Hall–Kier alpha value is -1.79. The Bertz CT molecular complexity index is 424. The summed E-state index contributed by atoms with van der Waals surface area (Å²) >= 11 is 0. The van der Waals surface area contributed by atoms with Crippen molar-refractivity contribution in [3.05, 3.63) is 12.2 Å². The molecule has 3 N–H and O–H groups in total. The predicted octanol–water partition coefficient (Wildman–Crippen LogP) is -0.837. The van der Waals surface area contributed by atoms with E-state index in [1.165, 1.54) is 0 Å². The van der Waals surface area contributed by atoms with Gasteiger partial charge >= 0.3 is 6.03 Å². The third-order valence-corrected chi connectivity index (χ3v) is 3.42. The topological polar surface area (TPSA) is 87.3 Å². The highest BCUT2D eigenvalue weighted by Gasteiger charge is 2.51. The summed E-state index contributed by atoms with van der Waals surface area (Å²) in [7, 11) is 5.23. The van der Waals surface area contributed by atoms with E-state index in [0.29, 0.717) is 12.8 Å². The minimum Gasteiger partial charge on any atom is -0.365 e. The molecule has 0 aromatic heterocycles. The highest BCUT2D eigenvalue weighted by Crippen LogP contribution is 2.34. The van der Waals surface area contributed by atoms with Gasteiger partial charge in [0.15, 0.2) is 0 Å². The number of urea groups is 1. The first kappa shape index (κ1) is 12.7. The van der Waals surface area contributed by atoms with Gasteiger partial charge in [0.1, 0.15) is 5.54 Å². The second kappa shape index (κ2) is 4.84. The zero-order valence-electron chi connectivity index (χ0n) is 9.86. The van der Waals surface area contributed by atoms with Crippen molar-refractivity contribution in [2.24, 2.45) is 5.92 Å². The number of carbonyl (C=O) groups excluding carboxylic acids is 3. The number of imide groups is 1. The van der Waals surface area contributed by atoms with Crippen molar-refractivity contribution in [2.75, 3.05) is 6.44 Å². The van der Waals surface area contributed by atoms with Gasteiger partial charge in [0.25, 0.3) is 5.91 Å². The highest BCUT2D eigenvalue weighted by molar-refractivity contribution is 6.10. The average molecular weight is 247 g/mol. The lowest BCUT2D eigenvalue weighted by Gasteiger charge is -2.35. The molecule has 0 saturated carbocycles. The summed E-state index contributed by atoms with van der Waals surface area (Å²) in [5.74, 6) is -0.825. The fourth-order valence-electron chi connectivity index (χ4n) is 2.50. The predicted molar refractivity (Wildman–Crippen MR) is 64.7 cm³/mol. The lowest BCUT2D eigenvalue weighted by Crippen LogP contribution is -2.54. The fourth-order valence-corrected chi connectivity index (χ4v) is 2.50.